The second kappa shape index (κ2) is 6.67. The van der Waals surface area contributed by atoms with Gasteiger partial charge in [-0.05, 0) is 12.8 Å². The lowest BCUT2D eigenvalue weighted by Crippen LogP contribution is -1.67. The molecule has 0 atom stereocenters. The molecule has 0 N–H and O–H groups in total. The van der Waals surface area contributed by atoms with Gasteiger partial charge in [-0.25, -0.2) is 0 Å². The Hall–Kier alpha value is -0.330. The molecule has 0 amide bonds. The molecule has 0 saturated carbocycles. The van der Waals surface area contributed by atoms with Crippen molar-refractivity contribution in [1.29, 1.82) is 0 Å². The van der Waals surface area contributed by atoms with E-state index in [0.717, 1.165) is 12.8 Å². The molecule has 0 fully saturated rings. The fourth-order valence-corrected chi connectivity index (χ4v) is 0.465. The first-order valence-corrected chi connectivity index (χ1v) is 3.12. The van der Waals surface area contributed by atoms with Crippen LogP contribution in [0, 0.1) is 0 Å². The first kappa shape index (κ1) is 7.67. The summed E-state index contributed by atoms with van der Waals surface area (Å²) in [5.74, 6) is 0. The van der Waals surface area contributed by atoms with Crippen LogP contribution in [0.1, 0.15) is 26.2 Å². The summed E-state index contributed by atoms with van der Waals surface area (Å²) in [5.41, 5.74) is 0. The summed E-state index contributed by atoms with van der Waals surface area (Å²) in [6, 6.07) is 0. The smallest absolute Gasteiger partial charge is 0.0928 e. The largest absolute Gasteiger partial charge is 0.251 e. The molecule has 0 heterocycles. The lowest BCUT2D eigenvalue weighted by Gasteiger charge is -1.82. The van der Waals surface area contributed by atoms with Gasteiger partial charge in [0.05, 0.1) is 6.67 Å². The van der Waals surface area contributed by atoms with Crippen LogP contribution in [0.4, 0.5) is 4.39 Å². The van der Waals surface area contributed by atoms with Crippen LogP contribution in [0.2, 0.25) is 0 Å². The van der Waals surface area contributed by atoms with Crippen LogP contribution in [-0.4, -0.2) is 6.67 Å². The van der Waals surface area contributed by atoms with Crippen LogP contribution in [0.3, 0.4) is 0 Å². The molecule has 0 bridgehead atoms. The predicted molar refractivity (Wildman–Crippen MR) is 34.6 cm³/mol. The van der Waals surface area contributed by atoms with Gasteiger partial charge in [-0.2, -0.15) is 0 Å². The SMILES string of the molecule is CCC/C=C/CCF. The molecule has 8 heavy (non-hydrogen) atoms. The summed E-state index contributed by atoms with van der Waals surface area (Å²) in [6.45, 7) is 1.89. The van der Waals surface area contributed by atoms with Gasteiger partial charge in [0.1, 0.15) is 0 Å². The van der Waals surface area contributed by atoms with E-state index < -0.39 is 0 Å². The Morgan fingerprint density at radius 3 is 2.38 bits per heavy atom. The zero-order chi connectivity index (χ0) is 6.24. The van der Waals surface area contributed by atoms with Gasteiger partial charge < -0.3 is 0 Å². The van der Waals surface area contributed by atoms with Crippen molar-refractivity contribution in [1.82, 2.24) is 0 Å². The molecule has 0 aliphatic rings. The highest BCUT2D eigenvalue weighted by Gasteiger charge is 1.74. The zero-order valence-electron chi connectivity index (χ0n) is 5.36. The molecular formula is C7H13F. The van der Waals surface area contributed by atoms with E-state index in [-0.39, 0.29) is 6.67 Å². The molecule has 0 unspecified atom stereocenters. The molecule has 0 aliphatic carbocycles. The lowest BCUT2D eigenvalue weighted by atomic mass is 10.3. The highest BCUT2D eigenvalue weighted by Crippen LogP contribution is 1.90. The van der Waals surface area contributed by atoms with E-state index in [1.165, 1.54) is 0 Å². The minimum atomic E-state index is -0.222. The number of alkyl halides is 1. The summed E-state index contributed by atoms with van der Waals surface area (Å²) in [4.78, 5) is 0. The summed E-state index contributed by atoms with van der Waals surface area (Å²) >= 11 is 0. The number of hydrogen-bond donors (Lipinski definition) is 0. The van der Waals surface area contributed by atoms with Crippen LogP contribution in [0.5, 0.6) is 0 Å². The van der Waals surface area contributed by atoms with Crippen molar-refractivity contribution >= 4 is 0 Å². The molecule has 0 rings (SSSR count). The second-order valence-electron chi connectivity index (χ2n) is 1.74. The topological polar surface area (TPSA) is 0 Å². The van der Waals surface area contributed by atoms with E-state index in [9.17, 15) is 4.39 Å². The third-order valence-corrected chi connectivity index (χ3v) is 0.898. The lowest BCUT2D eigenvalue weighted by molar-refractivity contribution is 0.501. The maximum Gasteiger partial charge on any atom is 0.0928 e. The number of hydrogen-bond acceptors (Lipinski definition) is 0. The standard InChI is InChI=1S/C7H13F/c1-2-3-4-5-6-7-8/h4-5H,2-3,6-7H2,1H3/b5-4+. The molecule has 0 aromatic heterocycles. The Morgan fingerprint density at radius 2 is 1.88 bits per heavy atom. The highest BCUT2D eigenvalue weighted by atomic mass is 19.1. The van der Waals surface area contributed by atoms with Crippen molar-refractivity contribution in [3.63, 3.8) is 0 Å². The summed E-state index contributed by atoms with van der Waals surface area (Å²) in [6.07, 6.45) is 6.74. The quantitative estimate of drug-likeness (QED) is 0.495. The second-order valence-corrected chi connectivity index (χ2v) is 1.74. The molecule has 1 heteroatoms. The van der Waals surface area contributed by atoms with E-state index in [1.54, 1.807) is 0 Å². The maximum absolute atomic E-state index is 11.4. The molecule has 0 aromatic rings. The zero-order valence-corrected chi connectivity index (χ0v) is 5.36. The van der Waals surface area contributed by atoms with Crippen molar-refractivity contribution in [2.75, 3.05) is 6.67 Å². The van der Waals surface area contributed by atoms with Crippen molar-refractivity contribution in [3.8, 4) is 0 Å². The summed E-state index contributed by atoms with van der Waals surface area (Å²) < 4.78 is 11.4. The molecular weight excluding hydrogens is 103 g/mol. The van der Waals surface area contributed by atoms with Gasteiger partial charge in [0.2, 0.25) is 0 Å². The normalized spacial score (nSPS) is 10.8. The number of rotatable bonds is 4. The predicted octanol–water partition coefficient (Wildman–Crippen LogP) is 2.70. The van der Waals surface area contributed by atoms with Gasteiger partial charge in [0, 0.05) is 0 Å². The molecule has 0 aliphatic heterocycles. The van der Waals surface area contributed by atoms with Gasteiger partial charge >= 0.3 is 0 Å². The van der Waals surface area contributed by atoms with E-state index in [1.807, 2.05) is 12.2 Å². The summed E-state index contributed by atoms with van der Waals surface area (Å²) in [5, 5.41) is 0. The number of allylic oxidation sites excluding steroid dienone is 2. The Bertz CT molecular complexity index is 49.4. The van der Waals surface area contributed by atoms with Crippen LogP contribution in [0.15, 0.2) is 12.2 Å². The van der Waals surface area contributed by atoms with Gasteiger partial charge in [-0.3, -0.25) is 4.39 Å². The fourth-order valence-electron chi connectivity index (χ4n) is 0.465. The van der Waals surface area contributed by atoms with Gasteiger partial charge in [0.25, 0.3) is 0 Å². The third kappa shape index (κ3) is 5.67. The van der Waals surface area contributed by atoms with Gasteiger partial charge in [0.15, 0.2) is 0 Å². The van der Waals surface area contributed by atoms with E-state index in [2.05, 4.69) is 6.92 Å². The van der Waals surface area contributed by atoms with Gasteiger partial charge in [-0.1, -0.05) is 25.5 Å². The highest BCUT2D eigenvalue weighted by molar-refractivity contribution is 4.80. The minimum Gasteiger partial charge on any atom is -0.251 e. The monoisotopic (exact) mass is 116 g/mol. The van der Waals surface area contributed by atoms with Crippen LogP contribution in [-0.2, 0) is 0 Å². The number of halogens is 1. The molecule has 48 valence electrons. The molecule has 0 spiro atoms. The Kier molecular flexibility index (Phi) is 6.39. The van der Waals surface area contributed by atoms with E-state index in [0.29, 0.717) is 6.42 Å². The average Bonchev–Trinajstić information content (AvgIpc) is 1.81. The Labute approximate surface area is 50.4 Å². The third-order valence-electron chi connectivity index (χ3n) is 0.898. The van der Waals surface area contributed by atoms with Crippen molar-refractivity contribution in [3.05, 3.63) is 12.2 Å². The first-order valence-electron chi connectivity index (χ1n) is 3.12. The Balaban J connectivity index is 2.83. The van der Waals surface area contributed by atoms with Crippen LogP contribution < -0.4 is 0 Å². The van der Waals surface area contributed by atoms with Crippen molar-refractivity contribution in [2.24, 2.45) is 0 Å². The maximum atomic E-state index is 11.4. The van der Waals surface area contributed by atoms with Gasteiger partial charge in [-0.15, -0.1) is 0 Å². The van der Waals surface area contributed by atoms with Crippen LogP contribution in [0.25, 0.3) is 0 Å². The van der Waals surface area contributed by atoms with E-state index in [4.69, 9.17) is 0 Å². The average molecular weight is 116 g/mol. The van der Waals surface area contributed by atoms with Crippen molar-refractivity contribution in [2.45, 2.75) is 26.2 Å². The molecule has 0 radical (unpaired) electrons. The molecule has 0 saturated heterocycles. The van der Waals surface area contributed by atoms with E-state index >= 15 is 0 Å². The van der Waals surface area contributed by atoms with Crippen molar-refractivity contribution < 1.29 is 4.39 Å². The molecule has 0 aromatic carbocycles. The number of unbranched alkanes of at least 4 members (excludes halogenated alkanes) is 1. The Morgan fingerprint density at radius 1 is 1.25 bits per heavy atom. The fraction of sp³-hybridized carbons (Fsp3) is 0.714. The summed E-state index contributed by atoms with van der Waals surface area (Å²) in [7, 11) is 0. The minimum absolute atomic E-state index is 0.222. The first-order chi connectivity index (χ1) is 3.91. The molecule has 0 nitrogen and oxygen atoms in total. The van der Waals surface area contributed by atoms with Crippen LogP contribution >= 0.6 is 0 Å².